The minimum atomic E-state index is 0.692. The smallest absolute Gasteiger partial charge is 0.137 e. The molecular formula is C17H27ClN2O. The molecule has 118 valence electrons. The summed E-state index contributed by atoms with van der Waals surface area (Å²) in [5.74, 6) is 0.787. The molecule has 3 nitrogen and oxygen atoms in total. The van der Waals surface area contributed by atoms with Gasteiger partial charge in [-0.25, -0.2) is 0 Å². The monoisotopic (exact) mass is 310 g/mol. The number of likely N-dealkylation sites (N-methyl/N-ethyl adjacent to an activating group) is 1. The molecule has 1 fully saturated rings. The quantitative estimate of drug-likeness (QED) is 0.792. The SMILES string of the molecule is CCCOc1ccc(CNC[C@H]2CCCN2CC)cc1Cl. The molecule has 1 saturated heterocycles. The number of likely N-dealkylation sites (tertiary alicyclic amines) is 1. The first kappa shape index (κ1) is 16.6. The van der Waals surface area contributed by atoms with Gasteiger partial charge in [0.1, 0.15) is 5.75 Å². The second-order valence-corrected chi connectivity index (χ2v) is 6.08. The molecule has 0 radical (unpaired) electrons. The van der Waals surface area contributed by atoms with E-state index in [0.29, 0.717) is 17.7 Å². The molecule has 21 heavy (non-hydrogen) atoms. The van der Waals surface area contributed by atoms with Crippen molar-refractivity contribution < 1.29 is 4.74 Å². The summed E-state index contributed by atoms with van der Waals surface area (Å²) >= 11 is 6.26. The fourth-order valence-electron chi connectivity index (χ4n) is 2.91. The number of halogens is 1. The predicted molar refractivity (Wildman–Crippen MR) is 89.2 cm³/mol. The topological polar surface area (TPSA) is 24.5 Å². The van der Waals surface area contributed by atoms with E-state index in [9.17, 15) is 0 Å². The zero-order chi connectivity index (χ0) is 15.1. The van der Waals surface area contributed by atoms with Crippen LogP contribution in [0, 0.1) is 0 Å². The Morgan fingerprint density at radius 1 is 1.38 bits per heavy atom. The van der Waals surface area contributed by atoms with E-state index < -0.39 is 0 Å². The molecule has 0 amide bonds. The third-order valence-corrected chi connectivity index (χ3v) is 4.37. The number of nitrogens with one attached hydrogen (secondary N) is 1. The number of hydrogen-bond acceptors (Lipinski definition) is 3. The number of ether oxygens (including phenoxy) is 1. The Morgan fingerprint density at radius 3 is 2.95 bits per heavy atom. The second-order valence-electron chi connectivity index (χ2n) is 5.67. The molecule has 0 saturated carbocycles. The summed E-state index contributed by atoms with van der Waals surface area (Å²) < 4.78 is 5.60. The van der Waals surface area contributed by atoms with Crippen molar-refractivity contribution in [1.29, 1.82) is 0 Å². The van der Waals surface area contributed by atoms with Gasteiger partial charge in [-0.05, 0) is 50.0 Å². The lowest BCUT2D eigenvalue weighted by Crippen LogP contribution is -2.37. The first-order chi connectivity index (χ1) is 10.2. The largest absolute Gasteiger partial charge is 0.492 e. The molecule has 1 aromatic carbocycles. The van der Waals surface area contributed by atoms with Gasteiger partial charge in [-0.3, -0.25) is 4.90 Å². The molecule has 1 aliphatic rings. The third kappa shape index (κ3) is 4.87. The van der Waals surface area contributed by atoms with Crippen molar-refractivity contribution in [2.45, 2.75) is 45.7 Å². The molecule has 0 bridgehead atoms. The van der Waals surface area contributed by atoms with Crippen molar-refractivity contribution in [3.63, 3.8) is 0 Å². The Hall–Kier alpha value is -0.770. The van der Waals surface area contributed by atoms with E-state index in [4.69, 9.17) is 16.3 Å². The van der Waals surface area contributed by atoms with E-state index in [-0.39, 0.29) is 0 Å². The van der Waals surface area contributed by atoms with Crippen molar-refractivity contribution in [3.8, 4) is 5.75 Å². The van der Waals surface area contributed by atoms with Crippen LogP contribution >= 0.6 is 11.6 Å². The van der Waals surface area contributed by atoms with Crippen LogP contribution in [0.5, 0.6) is 5.75 Å². The first-order valence-corrected chi connectivity index (χ1v) is 8.48. The molecule has 1 atom stereocenters. The Bertz CT molecular complexity index is 439. The van der Waals surface area contributed by atoms with Crippen LogP contribution < -0.4 is 10.1 Å². The molecule has 4 heteroatoms. The lowest BCUT2D eigenvalue weighted by Gasteiger charge is -2.23. The van der Waals surface area contributed by atoms with Gasteiger partial charge in [-0.15, -0.1) is 0 Å². The molecule has 1 aliphatic heterocycles. The van der Waals surface area contributed by atoms with Gasteiger partial charge < -0.3 is 10.1 Å². The van der Waals surface area contributed by atoms with Gasteiger partial charge in [0.15, 0.2) is 0 Å². The van der Waals surface area contributed by atoms with Gasteiger partial charge in [-0.2, -0.15) is 0 Å². The van der Waals surface area contributed by atoms with Gasteiger partial charge in [0.25, 0.3) is 0 Å². The third-order valence-electron chi connectivity index (χ3n) is 4.07. The normalized spacial score (nSPS) is 19.1. The van der Waals surface area contributed by atoms with Gasteiger partial charge in [0.2, 0.25) is 0 Å². The molecule has 2 rings (SSSR count). The van der Waals surface area contributed by atoms with E-state index in [1.165, 1.54) is 24.9 Å². The summed E-state index contributed by atoms with van der Waals surface area (Å²) in [4.78, 5) is 2.56. The molecule has 0 aromatic heterocycles. The first-order valence-electron chi connectivity index (χ1n) is 8.10. The van der Waals surface area contributed by atoms with Crippen molar-refractivity contribution in [1.82, 2.24) is 10.2 Å². The maximum absolute atomic E-state index is 6.26. The summed E-state index contributed by atoms with van der Waals surface area (Å²) in [6, 6.07) is 6.77. The number of hydrogen-bond donors (Lipinski definition) is 1. The highest BCUT2D eigenvalue weighted by atomic mass is 35.5. The molecule has 1 aromatic rings. The van der Waals surface area contributed by atoms with Gasteiger partial charge in [-0.1, -0.05) is 31.5 Å². The average Bonchev–Trinajstić information content (AvgIpc) is 2.94. The molecule has 0 spiro atoms. The second kappa shape index (κ2) is 8.62. The van der Waals surface area contributed by atoms with Crippen LogP contribution in [-0.2, 0) is 6.54 Å². The maximum atomic E-state index is 6.26. The lowest BCUT2D eigenvalue weighted by atomic mass is 10.2. The zero-order valence-electron chi connectivity index (χ0n) is 13.2. The van der Waals surface area contributed by atoms with Crippen LogP contribution in [0.2, 0.25) is 5.02 Å². The van der Waals surface area contributed by atoms with Crippen LogP contribution in [0.4, 0.5) is 0 Å². The summed E-state index contributed by atoms with van der Waals surface area (Å²) in [6.07, 6.45) is 3.63. The highest BCUT2D eigenvalue weighted by Gasteiger charge is 2.22. The van der Waals surface area contributed by atoms with Crippen LogP contribution in [-0.4, -0.2) is 37.2 Å². The van der Waals surface area contributed by atoms with Crippen LogP contribution in [0.1, 0.15) is 38.7 Å². The summed E-state index contributed by atoms with van der Waals surface area (Å²) in [6.45, 7) is 9.37. The van der Waals surface area contributed by atoms with E-state index >= 15 is 0 Å². The molecular weight excluding hydrogens is 284 g/mol. The molecule has 0 unspecified atom stereocenters. The average molecular weight is 311 g/mol. The number of nitrogens with zero attached hydrogens (tertiary/aromatic N) is 1. The van der Waals surface area contributed by atoms with Crippen LogP contribution in [0.3, 0.4) is 0 Å². The Morgan fingerprint density at radius 2 is 2.24 bits per heavy atom. The lowest BCUT2D eigenvalue weighted by molar-refractivity contribution is 0.260. The fraction of sp³-hybridized carbons (Fsp3) is 0.647. The molecule has 1 heterocycles. The number of rotatable bonds is 8. The van der Waals surface area contributed by atoms with Crippen molar-refractivity contribution in [2.75, 3.05) is 26.2 Å². The molecule has 1 N–H and O–H groups in total. The molecule has 0 aliphatic carbocycles. The Labute approximate surface area is 133 Å². The Kier molecular flexibility index (Phi) is 6.81. The summed E-state index contributed by atoms with van der Waals surface area (Å²) in [5, 5.41) is 4.26. The van der Waals surface area contributed by atoms with Gasteiger partial charge in [0.05, 0.1) is 11.6 Å². The minimum absolute atomic E-state index is 0.692. The highest BCUT2D eigenvalue weighted by Crippen LogP contribution is 2.25. The van der Waals surface area contributed by atoms with Crippen LogP contribution in [0.25, 0.3) is 0 Å². The fourth-order valence-corrected chi connectivity index (χ4v) is 3.17. The standard InChI is InChI=1S/C17H27ClN2O/c1-3-10-21-17-8-7-14(11-16(17)18)12-19-13-15-6-5-9-20(15)4-2/h7-8,11,15,19H,3-6,9-10,12-13H2,1-2H3/t15-/m1/s1. The summed E-state index contributed by atoms with van der Waals surface area (Å²) in [7, 11) is 0. The predicted octanol–water partition coefficient (Wildman–Crippen LogP) is 3.70. The van der Waals surface area contributed by atoms with Gasteiger partial charge >= 0.3 is 0 Å². The summed E-state index contributed by atoms with van der Waals surface area (Å²) in [5.41, 5.74) is 1.21. The Balaban J connectivity index is 1.79. The highest BCUT2D eigenvalue weighted by molar-refractivity contribution is 6.32. The van der Waals surface area contributed by atoms with Crippen molar-refractivity contribution in [3.05, 3.63) is 28.8 Å². The minimum Gasteiger partial charge on any atom is -0.492 e. The van der Waals surface area contributed by atoms with E-state index in [1.54, 1.807) is 0 Å². The van der Waals surface area contributed by atoms with Gasteiger partial charge in [0, 0.05) is 19.1 Å². The van der Waals surface area contributed by atoms with Crippen molar-refractivity contribution >= 4 is 11.6 Å². The zero-order valence-corrected chi connectivity index (χ0v) is 14.0. The van der Waals surface area contributed by atoms with E-state index in [1.807, 2.05) is 12.1 Å². The van der Waals surface area contributed by atoms with E-state index in [0.717, 1.165) is 31.8 Å². The van der Waals surface area contributed by atoms with Crippen molar-refractivity contribution in [2.24, 2.45) is 0 Å². The maximum Gasteiger partial charge on any atom is 0.137 e. The van der Waals surface area contributed by atoms with E-state index in [2.05, 4.69) is 30.1 Å². The van der Waals surface area contributed by atoms with Crippen LogP contribution in [0.15, 0.2) is 18.2 Å². The number of benzene rings is 1.